The van der Waals surface area contributed by atoms with E-state index in [2.05, 4.69) is 19.2 Å². The minimum Gasteiger partial charge on any atom is -0.444 e. The van der Waals surface area contributed by atoms with Gasteiger partial charge in [-0.25, -0.2) is 4.79 Å². The molecular weight excluding hydrogens is 258 g/mol. The zero-order chi connectivity index (χ0) is 14.2. The third kappa shape index (κ3) is 3.50. The van der Waals surface area contributed by atoms with Gasteiger partial charge in [0.15, 0.2) is 0 Å². The van der Waals surface area contributed by atoms with Crippen molar-refractivity contribution in [2.24, 2.45) is 5.92 Å². The van der Waals surface area contributed by atoms with Crippen LogP contribution in [0.15, 0.2) is 5.38 Å². The topological polar surface area (TPSA) is 38.3 Å². The Morgan fingerprint density at radius 2 is 2.11 bits per heavy atom. The summed E-state index contributed by atoms with van der Waals surface area (Å²) >= 11 is 1.75. The zero-order valence-corrected chi connectivity index (χ0v) is 13.2. The molecule has 0 aliphatic heterocycles. The first kappa shape index (κ1) is 14.4. The van der Waals surface area contributed by atoms with Crippen LogP contribution in [-0.4, -0.2) is 11.7 Å². The van der Waals surface area contributed by atoms with Crippen LogP contribution in [0.2, 0.25) is 0 Å². The van der Waals surface area contributed by atoms with Crippen molar-refractivity contribution < 1.29 is 9.53 Å². The SMILES string of the molecule is CC1Cc2c(NC(=O)OC(C)(C)C)csc2C(C)C1. The summed E-state index contributed by atoms with van der Waals surface area (Å²) in [5.41, 5.74) is 1.79. The van der Waals surface area contributed by atoms with Crippen molar-refractivity contribution in [2.75, 3.05) is 5.32 Å². The predicted molar refractivity (Wildman–Crippen MR) is 80.1 cm³/mol. The van der Waals surface area contributed by atoms with Crippen LogP contribution in [0, 0.1) is 5.92 Å². The molecule has 2 unspecified atom stereocenters. The molecule has 0 spiro atoms. The highest BCUT2D eigenvalue weighted by Crippen LogP contribution is 2.42. The lowest BCUT2D eigenvalue weighted by Gasteiger charge is -2.25. The molecule has 1 N–H and O–H groups in total. The van der Waals surface area contributed by atoms with Crippen LogP contribution >= 0.6 is 11.3 Å². The van der Waals surface area contributed by atoms with E-state index in [0.717, 1.165) is 12.1 Å². The molecule has 1 aliphatic carbocycles. The number of ether oxygens (including phenoxy) is 1. The normalized spacial score (nSPS) is 22.8. The highest BCUT2D eigenvalue weighted by Gasteiger charge is 2.26. The second-order valence-corrected chi connectivity index (χ2v) is 7.48. The predicted octanol–water partition coefficient (Wildman–Crippen LogP) is 4.78. The molecule has 1 heterocycles. The molecule has 3 nitrogen and oxygen atoms in total. The largest absolute Gasteiger partial charge is 0.444 e. The molecule has 0 saturated heterocycles. The fourth-order valence-electron chi connectivity index (χ4n) is 2.68. The zero-order valence-electron chi connectivity index (χ0n) is 12.4. The molecule has 0 bridgehead atoms. The second kappa shape index (κ2) is 5.16. The van der Waals surface area contributed by atoms with E-state index in [4.69, 9.17) is 4.74 Å². The first-order chi connectivity index (χ1) is 8.76. The average molecular weight is 281 g/mol. The van der Waals surface area contributed by atoms with E-state index >= 15 is 0 Å². The van der Waals surface area contributed by atoms with Crippen LogP contribution < -0.4 is 5.32 Å². The van der Waals surface area contributed by atoms with Crippen LogP contribution in [-0.2, 0) is 11.2 Å². The van der Waals surface area contributed by atoms with Crippen LogP contribution in [0.3, 0.4) is 0 Å². The summed E-state index contributed by atoms with van der Waals surface area (Å²) in [7, 11) is 0. The molecule has 1 amide bonds. The molecule has 2 atom stereocenters. The van der Waals surface area contributed by atoms with Crippen LogP contribution in [0.25, 0.3) is 0 Å². The van der Waals surface area contributed by atoms with E-state index < -0.39 is 5.60 Å². The molecule has 1 aliphatic rings. The van der Waals surface area contributed by atoms with Gasteiger partial charge in [-0.15, -0.1) is 11.3 Å². The molecule has 2 rings (SSSR count). The third-order valence-corrected chi connectivity index (χ3v) is 4.57. The van der Waals surface area contributed by atoms with E-state index in [1.54, 1.807) is 11.3 Å². The van der Waals surface area contributed by atoms with Gasteiger partial charge in [0.2, 0.25) is 0 Å². The lowest BCUT2D eigenvalue weighted by Crippen LogP contribution is -2.27. The number of nitrogens with one attached hydrogen (secondary N) is 1. The number of rotatable bonds is 1. The Balaban J connectivity index is 2.13. The van der Waals surface area contributed by atoms with Gasteiger partial charge in [0.1, 0.15) is 5.60 Å². The quantitative estimate of drug-likeness (QED) is 0.804. The van der Waals surface area contributed by atoms with Gasteiger partial charge < -0.3 is 4.74 Å². The number of amides is 1. The summed E-state index contributed by atoms with van der Waals surface area (Å²) in [5.74, 6) is 1.27. The average Bonchev–Trinajstić information content (AvgIpc) is 2.58. The van der Waals surface area contributed by atoms with Gasteiger partial charge in [0.05, 0.1) is 5.69 Å². The van der Waals surface area contributed by atoms with E-state index in [1.165, 1.54) is 16.9 Å². The van der Waals surface area contributed by atoms with E-state index in [0.29, 0.717) is 11.8 Å². The Morgan fingerprint density at radius 3 is 2.74 bits per heavy atom. The van der Waals surface area contributed by atoms with Gasteiger partial charge in [-0.1, -0.05) is 13.8 Å². The Hall–Kier alpha value is -1.03. The highest BCUT2D eigenvalue weighted by atomic mass is 32.1. The number of anilines is 1. The van der Waals surface area contributed by atoms with Gasteiger partial charge in [-0.3, -0.25) is 5.32 Å². The van der Waals surface area contributed by atoms with Crippen molar-refractivity contribution in [1.82, 2.24) is 0 Å². The molecule has 0 radical (unpaired) electrons. The third-order valence-electron chi connectivity index (χ3n) is 3.32. The van der Waals surface area contributed by atoms with Gasteiger partial charge in [0, 0.05) is 10.3 Å². The minimum atomic E-state index is -0.458. The molecule has 1 aromatic rings. The summed E-state index contributed by atoms with van der Waals surface area (Å²) in [6, 6.07) is 0. The Labute approximate surface area is 119 Å². The molecule has 0 saturated carbocycles. The highest BCUT2D eigenvalue weighted by molar-refractivity contribution is 7.10. The maximum Gasteiger partial charge on any atom is 0.412 e. The standard InChI is InChI=1S/C15H23NO2S/c1-9-6-10(2)13-11(7-9)12(8-19-13)16-14(17)18-15(3,4)5/h8-10H,6-7H2,1-5H3,(H,16,17). The first-order valence-electron chi connectivity index (χ1n) is 6.86. The maximum atomic E-state index is 11.8. The van der Waals surface area contributed by atoms with Crippen LogP contribution in [0.5, 0.6) is 0 Å². The summed E-state index contributed by atoms with van der Waals surface area (Å²) in [6.45, 7) is 10.2. The van der Waals surface area contributed by atoms with Gasteiger partial charge in [0.25, 0.3) is 0 Å². The Morgan fingerprint density at radius 1 is 1.42 bits per heavy atom. The number of thiophene rings is 1. The molecule has 0 fully saturated rings. The molecular formula is C15H23NO2S. The van der Waals surface area contributed by atoms with Gasteiger partial charge >= 0.3 is 6.09 Å². The van der Waals surface area contributed by atoms with Crippen molar-refractivity contribution in [3.8, 4) is 0 Å². The number of fused-ring (bicyclic) bond motifs is 1. The number of carbonyl (C=O) groups is 1. The van der Waals surface area contributed by atoms with E-state index in [-0.39, 0.29) is 6.09 Å². The number of carbonyl (C=O) groups excluding carboxylic acids is 1. The Kier molecular flexibility index (Phi) is 3.90. The molecule has 4 heteroatoms. The van der Waals surface area contributed by atoms with E-state index in [9.17, 15) is 4.79 Å². The van der Waals surface area contributed by atoms with Crippen molar-refractivity contribution in [1.29, 1.82) is 0 Å². The van der Waals surface area contributed by atoms with Crippen LogP contribution in [0.4, 0.5) is 10.5 Å². The number of hydrogen-bond donors (Lipinski definition) is 1. The first-order valence-corrected chi connectivity index (χ1v) is 7.74. The molecule has 19 heavy (non-hydrogen) atoms. The monoisotopic (exact) mass is 281 g/mol. The van der Waals surface area contributed by atoms with Crippen molar-refractivity contribution in [2.45, 2.75) is 59.0 Å². The Bertz CT molecular complexity index is 473. The summed E-state index contributed by atoms with van der Waals surface area (Å²) < 4.78 is 5.31. The lowest BCUT2D eigenvalue weighted by molar-refractivity contribution is 0.0636. The lowest BCUT2D eigenvalue weighted by atomic mass is 9.83. The van der Waals surface area contributed by atoms with Gasteiger partial charge in [-0.2, -0.15) is 0 Å². The fourth-order valence-corrected chi connectivity index (χ4v) is 3.79. The van der Waals surface area contributed by atoms with Crippen molar-refractivity contribution >= 4 is 23.1 Å². The smallest absolute Gasteiger partial charge is 0.412 e. The fraction of sp³-hybridized carbons (Fsp3) is 0.667. The van der Waals surface area contributed by atoms with E-state index in [1.807, 2.05) is 26.2 Å². The molecule has 1 aromatic heterocycles. The maximum absolute atomic E-state index is 11.8. The van der Waals surface area contributed by atoms with Gasteiger partial charge in [-0.05, 0) is 51.0 Å². The summed E-state index contributed by atoms with van der Waals surface area (Å²) in [4.78, 5) is 13.3. The minimum absolute atomic E-state index is 0.362. The molecule has 106 valence electrons. The van der Waals surface area contributed by atoms with Crippen molar-refractivity contribution in [3.63, 3.8) is 0 Å². The number of hydrogen-bond acceptors (Lipinski definition) is 3. The van der Waals surface area contributed by atoms with Crippen molar-refractivity contribution in [3.05, 3.63) is 15.8 Å². The summed E-state index contributed by atoms with van der Waals surface area (Å²) in [5, 5.41) is 4.94. The molecule has 0 aromatic carbocycles. The summed E-state index contributed by atoms with van der Waals surface area (Å²) in [6.07, 6.45) is 1.92. The van der Waals surface area contributed by atoms with Crippen LogP contribution in [0.1, 0.15) is 57.4 Å². The second-order valence-electron chi connectivity index (χ2n) is 6.57.